The van der Waals surface area contributed by atoms with Crippen LogP contribution < -0.4 is 24.8 Å². The first-order chi connectivity index (χ1) is 14.0. The number of nitrogens with one attached hydrogen (secondary N) is 2. The second kappa shape index (κ2) is 9.76. The Labute approximate surface area is 172 Å². The van der Waals surface area contributed by atoms with Crippen LogP contribution in [-0.4, -0.2) is 38.6 Å². The predicted molar refractivity (Wildman–Crippen MR) is 113 cm³/mol. The van der Waals surface area contributed by atoms with Crippen molar-refractivity contribution < 1.29 is 19.0 Å². The number of Topliss-reactive ketones (excluding diaryl/α,β-unsaturated/α-hetero) is 1. The van der Waals surface area contributed by atoms with Crippen molar-refractivity contribution in [3.63, 3.8) is 0 Å². The molecule has 2 aromatic carbocycles. The molecule has 0 saturated carbocycles. The van der Waals surface area contributed by atoms with Gasteiger partial charge in [0.1, 0.15) is 29.6 Å². The molecule has 0 amide bonds. The van der Waals surface area contributed by atoms with Gasteiger partial charge in [0.15, 0.2) is 0 Å². The Morgan fingerprint density at radius 3 is 2.28 bits per heavy atom. The number of rotatable bonds is 9. The Hall–Kier alpha value is -2.57. The van der Waals surface area contributed by atoms with Crippen molar-refractivity contribution in [3.8, 4) is 17.2 Å². The van der Waals surface area contributed by atoms with E-state index in [4.69, 9.17) is 14.2 Å². The summed E-state index contributed by atoms with van der Waals surface area (Å²) in [6, 6.07) is 13.7. The van der Waals surface area contributed by atoms with Crippen molar-refractivity contribution in [1.82, 2.24) is 10.6 Å². The summed E-state index contributed by atoms with van der Waals surface area (Å²) in [5.41, 5.74) is 1.62. The predicted octanol–water partition coefficient (Wildman–Crippen LogP) is 3.08. The van der Waals surface area contributed by atoms with E-state index in [1.165, 1.54) is 0 Å². The van der Waals surface area contributed by atoms with Gasteiger partial charge in [-0.15, -0.1) is 0 Å². The van der Waals surface area contributed by atoms with Crippen LogP contribution in [0, 0.1) is 0 Å². The molecule has 0 unspecified atom stereocenters. The van der Waals surface area contributed by atoms with Crippen LogP contribution in [0.1, 0.15) is 30.9 Å². The SMILES string of the molecule is COc1cc(COc2cccc(CNC3(C(C)=O)CCNCC3)c2)cc(OC)c1. The van der Waals surface area contributed by atoms with Crippen LogP contribution in [0.2, 0.25) is 0 Å². The van der Waals surface area contributed by atoms with E-state index in [1.807, 2.05) is 42.5 Å². The molecular formula is C23H30N2O4. The second-order valence-corrected chi connectivity index (χ2v) is 7.40. The fourth-order valence-electron chi connectivity index (χ4n) is 3.64. The summed E-state index contributed by atoms with van der Waals surface area (Å²) in [6.45, 7) is 4.44. The van der Waals surface area contributed by atoms with E-state index in [1.54, 1.807) is 21.1 Å². The summed E-state index contributed by atoms with van der Waals surface area (Å²) < 4.78 is 16.6. The summed E-state index contributed by atoms with van der Waals surface area (Å²) in [7, 11) is 3.26. The third-order valence-corrected chi connectivity index (χ3v) is 5.48. The molecule has 29 heavy (non-hydrogen) atoms. The summed E-state index contributed by atoms with van der Waals surface area (Å²) in [5.74, 6) is 2.46. The highest BCUT2D eigenvalue weighted by Crippen LogP contribution is 2.25. The fourth-order valence-corrected chi connectivity index (χ4v) is 3.64. The zero-order valence-electron chi connectivity index (χ0n) is 17.4. The van der Waals surface area contributed by atoms with Crippen LogP contribution in [-0.2, 0) is 17.9 Å². The number of benzene rings is 2. The van der Waals surface area contributed by atoms with Crippen molar-refractivity contribution in [2.75, 3.05) is 27.3 Å². The quantitative estimate of drug-likeness (QED) is 0.677. The largest absolute Gasteiger partial charge is 0.497 e. The molecule has 1 saturated heterocycles. The van der Waals surface area contributed by atoms with Crippen LogP contribution in [0.25, 0.3) is 0 Å². The molecular weight excluding hydrogens is 368 g/mol. The zero-order valence-corrected chi connectivity index (χ0v) is 17.4. The molecule has 6 nitrogen and oxygen atoms in total. The average molecular weight is 399 g/mol. The average Bonchev–Trinajstić information content (AvgIpc) is 2.76. The minimum atomic E-state index is -0.431. The lowest BCUT2D eigenvalue weighted by Crippen LogP contribution is -2.56. The highest BCUT2D eigenvalue weighted by Gasteiger charge is 2.35. The fraction of sp³-hybridized carbons (Fsp3) is 0.435. The van der Waals surface area contributed by atoms with Crippen LogP contribution >= 0.6 is 0 Å². The van der Waals surface area contributed by atoms with Gasteiger partial charge in [-0.3, -0.25) is 4.79 Å². The first-order valence-electron chi connectivity index (χ1n) is 9.95. The number of ketones is 1. The molecule has 0 aromatic heterocycles. The summed E-state index contributed by atoms with van der Waals surface area (Å²) >= 11 is 0. The van der Waals surface area contributed by atoms with E-state index < -0.39 is 5.54 Å². The molecule has 3 rings (SSSR count). The van der Waals surface area contributed by atoms with E-state index in [0.29, 0.717) is 13.2 Å². The zero-order chi connectivity index (χ0) is 20.7. The van der Waals surface area contributed by atoms with Gasteiger partial charge in [0.2, 0.25) is 0 Å². The maximum absolute atomic E-state index is 12.2. The molecule has 0 aliphatic carbocycles. The maximum atomic E-state index is 12.2. The van der Waals surface area contributed by atoms with Crippen molar-refractivity contribution in [2.45, 2.75) is 38.5 Å². The first kappa shape index (κ1) is 21.1. The van der Waals surface area contributed by atoms with Crippen molar-refractivity contribution in [1.29, 1.82) is 0 Å². The van der Waals surface area contributed by atoms with Crippen LogP contribution in [0.4, 0.5) is 0 Å². The molecule has 2 N–H and O–H groups in total. The van der Waals surface area contributed by atoms with Crippen molar-refractivity contribution in [2.24, 2.45) is 0 Å². The number of methoxy groups -OCH3 is 2. The molecule has 1 aliphatic rings. The number of ether oxygens (including phenoxy) is 3. The van der Waals surface area contributed by atoms with E-state index in [2.05, 4.69) is 10.6 Å². The van der Waals surface area contributed by atoms with E-state index in [0.717, 1.165) is 54.3 Å². The van der Waals surface area contributed by atoms with Gasteiger partial charge in [-0.1, -0.05) is 12.1 Å². The molecule has 1 fully saturated rings. The Balaban J connectivity index is 1.63. The highest BCUT2D eigenvalue weighted by molar-refractivity contribution is 5.86. The van der Waals surface area contributed by atoms with Gasteiger partial charge in [0.25, 0.3) is 0 Å². The minimum Gasteiger partial charge on any atom is -0.497 e. The van der Waals surface area contributed by atoms with E-state index in [-0.39, 0.29) is 5.78 Å². The van der Waals surface area contributed by atoms with Gasteiger partial charge >= 0.3 is 0 Å². The molecule has 156 valence electrons. The van der Waals surface area contributed by atoms with Gasteiger partial charge < -0.3 is 24.8 Å². The summed E-state index contributed by atoms with van der Waals surface area (Å²) in [5, 5.41) is 6.82. The molecule has 1 aliphatic heterocycles. The van der Waals surface area contributed by atoms with Crippen LogP contribution in [0.5, 0.6) is 17.2 Å². The summed E-state index contributed by atoms with van der Waals surface area (Å²) in [6.07, 6.45) is 1.63. The number of carbonyl (C=O) groups is 1. The Morgan fingerprint density at radius 2 is 1.66 bits per heavy atom. The third kappa shape index (κ3) is 5.49. The van der Waals surface area contributed by atoms with Crippen molar-refractivity contribution >= 4 is 5.78 Å². The van der Waals surface area contributed by atoms with Gasteiger partial charge in [0.05, 0.1) is 19.8 Å². The summed E-state index contributed by atoms with van der Waals surface area (Å²) in [4.78, 5) is 12.2. The molecule has 2 aromatic rings. The molecule has 0 bridgehead atoms. The standard InChI is InChI=1S/C23H30N2O4/c1-17(26)23(7-9-24-10-8-23)25-15-18-5-4-6-20(11-18)29-16-19-12-21(27-2)14-22(13-19)28-3/h4-6,11-14,24-25H,7-10,15-16H2,1-3H3. The minimum absolute atomic E-state index is 0.207. The topological polar surface area (TPSA) is 68.8 Å². The first-order valence-corrected chi connectivity index (χ1v) is 9.95. The number of carbonyl (C=O) groups excluding carboxylic acids is 1. The Bertz CT molecular complexity index is 809. The van der Waals surface area contributed by atoms with Gasteiger partial charge in [-0.2, -0.15) is 0 Å². The number of piperidine rings is 1. The third-order valence-electron chi connectivity index (χ3n) is 5.48. The lowest BCUT2D eigenvalue weighted by molar-refractivity contribution is -0.124. The number of hydrogen-bond acceptors (Lipinski definition) is 6. The van der Waals surface area contributed by atoms with E-state index in [9.17, 15) is 4.79 Å². The molecule has 6 heteroatoms. The lowest BCUT2D eigenvalue weighted by Gasteiger charge is -2.36. The van der Waals surface area contributed by atoms with Crippen LogP contribution in [0.15, 0.2) is 42.5 Å². The van der Waals surface area contributed by atoms with Gasteiger partial charge in [-0.25, -0.2) is 0 Å². The Kier molecular flexibility index (Phi) is 7.12. The normalized spacial score (nSPS) is 15.6. The molecule has 0 spiro atoms. The highest BCUT2D eigenvalue weighted by atomic mass is 16.5. The van der Waals surface area contributed by atoms with Crippen molar-refractivity contribution in [3.05, 3.63) is 53.6 Å². The monoisotopic (exact) mass is 398 g/mol. The molecule has 1 heterocycles. The second-order valence-electron chi connectivity index (χ2n) is 7.40. The Morgan fingerprint density at radius 1 is 1.00 bits per heavy atom. The lowest BCUT2D eigenvalue weighted by atomic mass is 9.84. The van der Waals surface area contributed by atoms with Gasteiger partial charge in [0, 0.05) is 12.6 Å². The van der Waals surface area contributed by atoms with Crippen LogP contribution in [0.3, 0.4) is 0 Å². The molecule has 0 radical (unpaired) electrons. The molecule has 0 atom stereocenters. The smallest absolute Gasteiger partial charge is 0.149 e. The maximum Gasteiger partial charge on any atom is 0.149 e. The number of hydrogen-bond donors (Lipinski definition) is 2. The van der Waals surface area contributed by atoms with Gasteiger partial charge in [-0.05, 0) is 68.2 Å². The van der Waals surface area contributed by atoms with E-state index >= 15 is 0 Å².